The standard InChI is InChI=1S/C13H18BrNO2/c14-11-4-1-3-10(7-11)13(17)9-15-6-2-5-12(16)8-15/h1,3-4,7,12-13,16-17H,2,5-6,8-9H2. The molecule has 1 saturated heterocycles. The molecule has 1 aliphatic rings. The third-order valence-electron chi connectivity index (χ3n) is 3.15. The molecule has 0 aliphatic carbocycles. The van der Waals surface area contributed by atoms with E-state index in [1.54, 1.807) is 0 Å². The highest BCUT2D eigenvalue weighted by Crippen LogP contribution is 2.20. The van der Waals surface area contributed by atoms with Crippen molar-refractivity contribution in [3.8, 4) is 0 Å². The summed E-state index contributed by atoms with van der Waals surface area (Å²) in [6.45, 7) is 2.22. The van der Waals surface area contributed by atoms with Crippen molar-refractivity contribution in [2.24, 2.45) is 0 Å². The summed E-state index contributed by atoms with van der Waals surface area (Å²) >= 11 is 3.40. The van der Waals surface area contributed by atoms with E-state index in [0.717, 1.165) is 29.4 Å². The number of rotatable bonds is 3. The minimum Gasteiger partial charge on any atom is -0.392 e. The van der Waals surface area contributed by atoms with Crippen LogP contribution in [0.1, 0.15) is 24.5 Å². The maximum Gasteiger partial charge on any atom is 0.0917 e. The highest BCUT2D eigenvalue weighted by atomic mass is 79.9. The summed E-state index contributed by atoms with van der Waals surface area (Å²) in [6, 6.07) is 7.73. The number of β-amino-alcohol motifs (C(OH)–C–C–N with tert-alkyl or cyclic N) is 2. The Bertz CT molecular complexity index is 372. The van der Waals surface area contributed by atoms with E-state index in [2.05, 4.69) is 20.8 Å². The van der Waals surface area contributed by atoms with Gasteiger partial charge >= 0.3 is 0 Å². The van der Waals surface area contributed by atoms with Gasteiger partial charge in [-0.25, -0.2) is 0 Å². The van der Waals surface area contributed by atoms with E-state index >= 15 is 0 Å². The third kappa shape index (κ3) is 3.78. The molecule has 2 rings (SSSR count). The van der Waals surface area contributed by atoms with Gasteiger partial charge in [0.2, 0.25) is 0 Å². The van der Waals surface area contributed by atoms with Gasteiger partial charge in [-0.2, -0.15) is 0 Å². The summed E-state index contributed by atoms with van der Waals surface area (Å²) in [5, 5.41) is 19.7. The molecule has 0 amide bonds. The minimum atomic E-state index is -0.488. The number of hydrogen-bond donors (Lipinski definition) is 2. The fourth-order valence-electron chi connectivity index (χ4n) is 2.26. The van der Waals surface area contributed by atoms with E-state index in [1.807, 2.05) is 24.3 Å². The lowest BCUT2D eigenvalue weighted by molar-refractivity contribution is 0.0392. The van der Waals surface area contributed by atoms with Crippen molar-refractivity contribution >= 4 is 15.9 Å². The topological polar surface area (TPSA) is 43.7 Å². The molecular weight excluding hydrogens is 282 g/mol. The number of halogens is 1. The van der Waals surface area contributed by atoms with Crippen molar-refractivity contribution in [1.82, 2.24) is 4.90 Å². The second kappa shape index (κ2) is 5.96. The van der Waals surface area contributed by atoms with Crippen LogP contribution in [0.3, 0.4) is 0 Å². The first-order valence-corrected chi connectivity index (χ1v) is 6.78. The number of aliphatic hydroxyl groups is 2. The Morgan fingerprint density at radius 2 is 2.29 bits per heavy atom. The van der Waals surface area contributed by atoms with E-state index in [-0.39, 0.29) is 6.10 Å². The molecule has 0 aromatic heterocycles. The van der Waals surface area contributed by atoms with Crippen LogP contribution in [0.15, 0.2) is 28.7 Å². The molecule has 1 aromatic carbocycles. The van der Waals surface area contributed by atoms with E-state index in [1.165, 1.54) is 0 Å². The summed E-state index contributed by atoms with van der Waals surface area (Å²) < 4.78 is 0.979. The van der Waals surface area contributed by atoms with Gasteiger partial charge in [-0.05, 0) is 37.1 Å². The molecule has 1 fully saturated rings. The zero-order chi connectivity index (χ0) is 12.3. The molecule has 2 N–H and O–H groups in total. The van der Waals surface area contributed by atoms with Crippen LogP contribution in [0, 0.1) is 0 Å². The average molecular weight is 300 g/mol. The Hall–Kier alpha value is -0.420. The van der Waals surface area contributed by atoms with Crippen molar-refractivity contribution < 1.29 is 10.2 Å². The van der Waals surface area contributed by atoms with Gasteiger partial charge in [-0.3, -0.25) is 4.90 Å². The van der Waals surface area contributed by atoms with Crippen molar-refractivity contribution in [2.45, 2.75) is 25.0 Å². The van der Waals surface area contributed by atoms with Gasteiger partial charge in [-0.15, -0.1) is 0 Å². The molecule has 17 heavy (non-hydrogen) atoms. The first kappa shape index (κ1) is 13.0. The van der Waals surface area contributed by atoms with Crippen LogP contribution in [0.2, 0.25) is 0 Å². The van der Waals surface area contributed by atoms with Gasteiger partial charge in [0, 0.05) is 17.6 Å². The van der Waals surface area contributed by atoms with Crippen molar-refractivity contribution in [3.05, 3.63) is 34.3 Å². The van der Waals surface area contributed by atoms with Crippen molar-refractivity contribution in [1.29, 1.82) is 0 Å². The Morgan fingerprint density at radius 1 is 1.47 bits per heavy atom. The SMILES string of the molecule is OC1CCCN(CC(O)c2cccc(Br)c2)C1. The molecule has 2 unspecified atom stereocenters. The molecule has 0 bridgehead atoms. The highest BCUT2D eigenvalue weighted by molar-refractivity contribution is 9.10. The zero-order valence-electron chi connectivity index (χ0n) is 9.72. The van der Waals surface area contributed by atoms with Crippen molar-refractivity contribution in [3.63, 3.8) is 0 Å². The molecule has 1 aromatic rings. The summed E-state index contributed by atoms with van der Waals surface area (Å²) in [4.78, 5) is 2.12. The quantitative estimate of drug-likeness (QED) is 0.896. The van der Waals surface area contributed by atoms with Crippen LogP contribution in [0.25, 0.3) is 0 Å². The van der Waals surface area contributed by atoms with Gasteiger partial charge < -0.3 is 10.2 Å². The number of piperidine rings is 1. The Morgan fingerprint density at radius 3 is 3.00 bits per heavy atom. The highest BCUT2D eigenvalue weighted by Gasteiger charge is 2.20. The summed E-state index contributed by atoms with van der Waals surface area (Å²) in [5.41, 5.74) is 0.916. The smallest absolute Gasteiger partial charge is 0.0917 e. The predicted octanol–water partition coefficient (Wildman–Crippen LogP) is 1.94. The summed E-state index contributed by atoms with van der Waals surface area (Å²) in [5.74, 6) is 0. The second-order valence-corrected chi connectivity index (χ2v) is 5.54. The van der Waals surface area contributed by atoms with Gasteiger partial charge in [0.1, 0.15) is 0 Å². The predicted molar refractivity (Wildman–Crippen MR) is 70.8 cm³/mol. The van der Waals surface area contributed by atoms with Gasteiger partial charge in [0.05, 0.1) is 12.2 Å². The third-order valence-corrected chi connectivity index (χ3v) is 3.64. The number of benzene rings is 1. The number of likely N-dealkylation sites (tertiary alicyclic amines) is 1. The molecule has 1 heterocycles. The normalized spacial score (nSPS) is 23.6. The zero-order valence-corrected chi connectivity index (χ0v) is 11.3. The lowest BCUT2D eigenvalue weighted by Crippen LogP contribution is -2.40. The fourth-order valence-corrected chi connectivity index (χ4v) is 2.68. The molecule has 2 atom stereocenters. The number of aliphatic hydroxyl groups excluding tert-OH is 2. The number of nitrogens with zero attached hydrogens (tertiary/aromatic N) is 1. The van der Waals surface area contributed by atoms with Crippen molar-refractivity contribution in [2.75, 3.05) is 19.6 Å². The Balaban J connectivity index is 1.94. The van der Waals surface area contributed by atoms with E-state index in [0.29, 0.717) is 13.1 Å². The lowest BCUT2D eigenvalue weighted by Gasteiger charge is -2.31. The van der Waals surface area contributed by atoms with Gasteiger partial charge in [0.25, 0.3) is 0 Å². The van der Waals surface area contributed by atoms with E-state index < -0.39 is 6.10 Å². The molecule has 0 spiro atoms. The number of hydrogen-bond acceptors (Lipinski definition) is 3. The van der Waals surface area contributed by atoms with Crippen LogP contribution in [-0.2, 0) is 0 Å². The largest absolute Gasteiger partial charge is 0.392 e. The van der Waals surface area contributed by atoms with Gasteiger partial charge in [-0.1, -0.05) is 28.1 Å². The monoisotopic (exact) mass is 299 g/mol. The van der Waals surface area contributed by atoms with Crippen LogP contribution in [0.5, 0.6) is 0 Å². The van der Waals surface area contributed by atoms with Crippen LogP contribution in [-0.4, -0.2) is 40.9 Å². The molecular formula is C13H18BrNO2. The second-order valence-electron chi connectivity index (χ2n) is 4.63. The summed E-state index contributed by atoms with van der Waals surface area (Å²) in [6.07, 6.45) is 1.16. The molecule has 94 valence electrons. The molecule has 0 saturated carbocycles. The Labute approximate surface area is 110 Å². The molecule has 3 nitrogen and oxygen atoms in total. The van der Waals surface area contributed by atoms with Crippen LogP contribution < -0.4 is 0 Å². The average Bonchev–Trinajstić information content (AvgIpc) is 2.29. The van der Waals surface area contributed by atoms with Crippen LogP contribution in [0.4, 0.5) is 0 Å². The maximum atomic E-state index is 10.1. The van der Waals surface area contributed by atoms with E-state index in [9.17, 15) is 10.2 Å². The van der Waals surface area contributed by atoms with Crippen LogP contribution >= 0.6 is 15.9 Å². The maximum absolute atomic E-state index is 10.1. The molecule has 0 radical (unpaired) electrons. The molecule has 4 heteroatoms. The Kier molecular flexibility index (Phi) is 4.56. The van der Waals surface area contributed by atoms with E-state index in [4.69, 9.17) is 0 Å². The summed E-state index contributed by atoms with van der Waals surface area (Å²) in [7, 11) is 0. The fraction of sp³-hybridized carbons (Fsp3) is 0.538. The first-order chi connectivity index (χ1) is 8.15. The van der Waals surface area contributed by atoms with Gasteiger partial charge in [0.15, 0.2) is 0 Å². The molecule has 1 aliphatic heterocycles. The first-order valence-electron chi connectivity index (χ1n) is 5.99. The lowest BCUT2D eigenvalue weighted by atomic mass is 10.1. The minimum absolute atomic E-state index is 0.238.